The van der Waals surface area contributed by atoms with Gasteiger partial charge >= 0.3 is 0 Å². The van der Waals surface area contributed by atoms with Crippen molar-refractivity contribution in [3.05, 3.63) is 178 Å². The Morgan fingerprint density at radius 1 is 0.683 bits per heavy atom. The van der Waals surface area contributed by atoms with Crippen LogP contribution in [0.15, 0.2) is 122 Å². The number of ether oxygens (including phenoxy) is 2. The van der Waals surface area contributed by atoms with Gasteiger partial charge in [-0.3, -0.25) is 4.79 Å². The minimum absolute atomic E-state index is 0.299. The second-order valence-corrected chi connectivity index (χ2v) is 15.2. The number of nitrogens with zero attached hydrogens (tertiary/aromatic N) is 5. The number of nitrogens with one attached hydrogen (secondary N) is 1. The van der Waals surface area contributed by atoms with Crippen LogP contribution in [0.5, 0.6) is 11.8 Å². The lowest BCUT2D eigenvalue weighted by molar-refractivity contribution is -0.124. The molecule has 0 unspecified atom stereocenters. The number of fused-ring (bicyclic) bond motifs is 2. The van der Waals surface area contributed by atoms with Crippen LogP contribution >= 0.6 is 0 Å². The molecule has 9 rings (SSSR count). The van der Waals surface area contributed by atoms with Gasteiger partial charge in [0, 0.05) is 89.3 Å². The maximum absolute atomic E-state index is 15.5. The van der Waals surface area contributed by atoms with Gasteiger partial charge in [-0.2, -0.15) is 0 Å². The molecule has 0 spiro atoms. The molecule has 5 heterocycles. The zero-order valence-electron chi connectivity index (χ0n) is 33.9. The Morgan fingerprint density at radius 2 is 1.15 bits per heavy atom. The van der Waals surface area contributed by atoms with Crippen molar-refractivity contribution in [2.45, 2.75) is 32.2 Å². The molecule has 1 aliphatic heterocycles. The smallest absolute Gasteiger partial charge is 0.213 e. The summed E-state index contributed by atoms with van der Waals surface area (Å²) >= 11 is 0. The van der Waals surface area contributed by atoms with E-state index in [0.29, 0.717) is 55.4 Å². The molecular formula is C49H44F2N6O3. The number of amides is 1. The largest absolute Gasteiger partial charge is 0.481 e. The van der Waals surface area contributed by atoms with E-state index >= 15 is 8.78 Å². The van der Waals surface area contributed by atoms with Gasteiger partial charge in [0.05, 0.1) is 37.6 Å². The molecule has 60 heavy (non-hydrogen) atoms. The third kappa shape index (κ3) is 6.28. The molecule has 0 saturated carbocycles. The van der Waals surface area contributed by atoms with Crippen LogP contribution in [0.1, 0.15) is 44.8 Å². The first-order valence-corrected chi connectivity index (χ1v) is 20.0. The highest BCUT2D eigenvalue weighted by atomic mass is 19.1. The highest BCUT2D eigenvalue weighted by Gasteiger charge is 2.49. The van der Waals surface area contributed by atoms with Crippen molar-refractivity contribution >= 4 is 28.2 Å². The molecule has 1 amide bonds. The molecule has 1 fully saturated rings. The number of benzene rings is 4. The van der Waals surface area contributed by atoms with Crippen LogP contribution in [0.4, 0.5) is 8.78 Å². The number of pyridine rings is 2. The zero-order valence-corrected chi connectivity index (χ0v) is 33.9. The van der Waals surface area contributed by atoms with E-state index in [0.717, 1.165) is 73.2 Å². The van der Waals surface area contributed by atoms with Crippen molar-refractivity contribution in [1.82, 2.24) is 29.3 Å². The summed E-state index contributed by atoms with van der Waals surface area (Å²) in [5.74, 6) is 0.183. The SMILES string of the molecule is COc1cc2c(C3(c4c(Cc5cccc(F)c5C)n(-c5ccccc5)c5cnc(OC)cc45)CNCCN3C=O)c(Cc3cccc(F)c3C)n(-c3ccccc3)c2cn1. The molecule has 1 N–H and O–H groups in total. The van der Waals surface area contributed by atoms with Gasteiger partial charge in [-0.15, -0.1) is 0 Å². The van der Waals surface area contributed by atoms with Crippen LogP contribution in [-0.2, 0) is 23.2 Å². The number of halogens is 2. The molecule has 1 saturated heterocycles. The Morgan fingerprint density at radius 3 is 1.58 bits per heavy atom. The fourth-order valence-electron chi connectivity index (χ4n) is 9.21. The Labute approximate surface area is 346 Å². The first-order valence-electron chi connectivity index (χ1n) is 20.0. The summed E-state index contributed by atoms with van der Waals surface area (Å²) in [7, 11) is 3.17. The normalized spacial score (nSPS) is 13.9. The summed E-state index contributed by atoms with van der Waals surface area (Å²) in [5.41, 5.74) is 8.03. The van der Waals surface area contributed by atoms with Gasteiger partial charge < -0.3 is 28.8 Å². The van der Waals surface area contributed by atoms with E-state index in [1.807, 2.05) is 89.8 Å². The Balaban J connectivity index is 1.51. The van der Waals surface area contributed by atoms with Crippen LogP contribution in [0.3, 0.4) is 0 Å². The third-order valence-corrected chi connectivity index (χ3v) is 12.1. The molecule has 0 atom stereocenters. The van der Waals surface area contributed by atoms with Crippen LogP contribution in [-0.4, -0.2) is 64.3 Å². The van der Waals surface area contributed by atoms with Gasteiger partial charge in [-0.1, -0.05) is 60.7 Å². The summed E-state index contributed by atoms with van der Waals surface area (Å²) in [6, 6.07) is 34.2. The van der Waals surface area contributed by atoms with Crippen molar-refractivity contribution in [3.63, 3.8) is 0 Å². The monoisotopic (exact) mass is 802 g/mol. The predicted molar refractivity (Wildman–Crippen MR) is 230 cm³/mol. The summed E-state index contributed by atoms with van der Waals surface area (Å²) in [4.78, 5) is 25.4. The van der Waals surface area contributed by atoms with E-state index in [2.05, 4.69) is 14.5 Å². The Kier molecular flexibility index (Phi) is 10.1. The average molecular weight is 803 g/mol. The second-order valence-electron chi connectivity index (χ2n) is 15.2. The van der Waals surface area contributed by atoms with Crippen molar-refractivity contribution in [2.24, 2.45) is 0 Å². The first-order chi connectivity index (χ1) is 29.3. The summed E-state index contributed by atoms with van der Waals surface area (Å²) in [6.45, 7) is 4.80. The third-order valence-electron chi connectivity index (χ3n) is 12.1. The molecule has 4 aromatic heterocycles. The minimum atomic E-state index is -1.25. The quantitative estimate of drug-likeness (QED) is 0.132. The molecular weight excluding hydrogens is 759 g/mol. The number of hydrogen-bond acceptors (Lipinski definition) is 6. The summed E-state index contributed by atoms with van der Waals surface area (Å²) in [6.07, 6.45) is 5.15. The fraction of sp³-hybridized carbons (Fsp3) is 0.204. The second kappa shape index (κ2) is 15.7. The average Bonchev–Trinajstić information content (AvgIpc) is 3.78. The lowest BCUT2D eigenvalue weighted by Gasteiger charge is -2.47. The first kappa shape index (κ1) is 38.7. The van der Waals surface area contributed by atoms with Crippen molar-refractivity contribution in [1.29, 1.82) is 0 Å². The number of para-hydroxylation sites is 2. The number of methoxy groups -OCH3 is 2. The van der Waals surface area contributed by atoms with E-state index in [9.17, 15) is 4.79 Å². The molecule has 0 aliphatic carbocycles. The number of hydrogen-bond donors (Lipinski definition) is 1. The standard InChI is InChI=1S/C49H44F2N6O3/c1-31-33(13-11-19-39(31)50)23-41-47(37-25-45(59-3)53-27-43(37)56(41)35-15-7-5-8-16-35)49(29-52-21-22-55(49)30-58)48-38-26-46(60-4)54-28-44(38)57(36-17-9-6-10-18-36)42(48)24-34-14-12-20-40(51)32(34)2/h5-20,25-28,30,52H,21-24,29H2,1-4H3. The van der Waals surface area contributed by atoms with Crippen molar-refractivity contribution in [2.75, 3.05) is 33.9 Å². The number of piperazine rings is 1. The van der Waals surface area contributed by atoms with E-state index in [4.69, 9.17) is 19.4 Å². The van der Waals surface area contributed by atoms with Gasteiger partial charge in [0.2, 0.25) is 18.2 Å². The van der Waals surface area contributed by atoms with Crippen LogP contribution in [0, 0.1) is 25.5 Å². The fourth-order valence-corrected chi connectivity index (χ4v) is 9.21. The van der Waals surface area contributed by atoms with Crippen LogP contribution in [0.25, 0.3) is 33.2 Å². The van der Waals surface area contributed by atoms with Gasteiger partial charge in [0.15, 0.2) is 0 Å². The van der Waals surface area contributed by atoms with Crippen molar-refractivity contribution < 1.29 is 23.0 Å². The number of carbonyl (C=O) groups is 1. The van der Waals surface area contributed by atoms with Gasteiger partial charge in [0.1, 0.15) is 17.2 Å². The molecule has 8 aromatic rings. The van der Waals surface area contributed by atoms with Crippen LogP contribution in [0.2, 0.25) is 0 Å². The van der Waals surface area contributed by atoms with E-state index in [1.165, 1.54) is 12.1 Å². The number of rotatable bonds is 11. The van der Waals surface area contributed by atoms with Crippen LogP contribution < -0.4 is 14.8 Å². The van der Waals surface area contributed by atoms with E-state index in [1.54, 1.807) is 52.6 Å². The maximum Gasteiger partial charge on any atom is 0.213 e. The number of carbonyl (C=O) groups excluding carboxylic acids is 1. The van der Waals surface area contributed by atoms with Gasteiger partial charge in [0.25, 0.3) is 0 Å². The van der Waals surface area contributed by atoms with E-state index in [-0.39, 0.29) is 11.6 Å². The van der Waals surface area contributed by atoms with Gasteiger partial charge in [-0.05, 0) is 72.5 Å². The molecule has 0 bridgehead atoms. The maximum atomic E-state index is 15.5. The van der Waals surface area contributed by atoms with E-state index < -0.39 is 5.54 Å². The molecule has 302 valence electrons. The molecule has 4 aromatic carbocycles. The topological polar surface area (TPSA) is 86.4 Å². The Hall–Kier alpha value is -6.85. The van der Waals surface area contributed by atoms with Crippen molar-refractivity contribution in [3.8, 4) is 23.1 Å². The Bertz CT molecular complexity index is 2710. The highest BCUT2D eigenvalue weighted by molar-refractivity contribution is 5.95. The lowest BCUT2D eigenvalue weighted by Crippen LogP contribution is -2.59. The lowest BCUT2D eigenvalue weighted by atomic mass is 9.75. The van der Waals surface area contributed by atoms with Gasteiger partial charge in [-0.25, -0.2) is 18.7 Å². The zero-order chi connectivity index (χ0) is 41.5. The summed E-state index contributed by atoms with van der Waals surface area (Å²) < 4.78 is 47.0. The highest BCUT2D eigenvalue weighted by Crippen LogP contribution is 2.50. The molecule has 11 heteroatoms. The number of aromatic nitrogens is 4. The minimum Gasteiger partial charge on any atom is -0.481 e. The molecule has 1 aliphatic rings. The predicted octanol–water partition coefficient (Wildman–Crippen LogP) is 8.76. The molecule has 0 radical (unpaired) electrons. The molecule has 9 nitrogen and oxygen atoms in total. The summed E-state index contributed by atoms with van der Waals surface area (Å²) in [5, 5.41) is 5.32.